The van der Waals surface area contributed by atoms with Gasteiger partial charge >= 0.3 is 0 Å². The van der Waals surface area contributed by atoms with Gasteiger partial charge in [0.05, 0.1) is 6.34 Å². The van der Waals surface area contributed by atoms with Gasteiger partial charge in [-0.05, 0) is 15.9 Å². The number of nitrogens with zero attached hydrogens (tertiary/aromatic N) is 3. The summed E-state index contributed by atoms with van der Waals surface area (Å²) in [7, 11) is 3.82. The first-order chi connectivity index (χ1) is 5.18. The highest BCUT2D eigenvalue weighted by Crippen LogP contribution is 2.12. The van der Waals surface area contributed by atoms with Crippen molar-refractivity contribution in [3.8, 4) is 0 Å². The summed E-state index contributed by atoms with van der Waals surface area (Å²) in [4.78, 5) is 5.90. The third-order valence-electron chi connectivity index (χ3n) is 0.954. The minimum Gasteiger partial charge on any atom is -0.369 e. The van der Waals surface area contributed by atoms with E-state index in [1.54, 1.807) is 12.4 Å². The summed E-state index contributed by atoms with van der Waals surface area (Å²) in [6.07, 6.45) is 1.70. The van der Waals surface area contributed by atoms with Crippen molar-refractivity contribution in [1.29, 1.82) is 0 Å². The van der Waals surface area contributed by atoms with E-state index in [4.69, 9.17) is 0 Å². The Balaban J connectivity index is 2.64. The summed E-state index contributed by atoms with van der Waals surface area (Å²) in [5.74, 6) is 0.672. The molecular formula is C6H9BrN4. The SMILES string of the molecule is CN(C)C=Nc1cc(Br)[nH]n1. The van der Waals surface area contributed by atoms with E-state index in [1.807, 2.05) is 19.0 Å². The minimum atomic E-state index is 0.672. The predicted octanol–water partition coefficient (Wildman–Crippen LogP) is 1.39. The lowest BCUT2D eigenvalue weighted by Crippen LogP contribution is -2.06. The van der Waals surface area contributed by atoms with Gasteiger partial charge in [0.1, 0.15) is 4.60 Å². The summed E-state index contributed by atoms with van der Waals surface area (Å²) in [5, 5.41) is 6.62. The first kappa shape index (κ1) is 8.26. The van der Waals surface area contributed by atoms with Crippen molar-refractivity contribution < 1.29 is 0 Å². The fourth-order valence-corrected chi connectivity index (χ4v) is 0.823. The van der Waals surface area contributed by atoms with Gasteiger partial charge in [-0.25, -0.2) is 4.99 Å². The van der Waals surface area contributed by atoms with Crippen molar-refractivity contribution in [2.75, 3.05) is 14.1 Å². The van der Waals surface area contributed by atoms with E-state index in [-0.39, 0.29) is 0 Å². The lowest BCUT2D eigenvalue weighted by atomic mass is 10.7. The van der Waals surface area contributed by atoms with Gasteiger partial charge in [0.15, 0.2) is 5.82 Å². The maximum absolute atomic E-state index is 4.06. The summed E-state index contributed by atoms with van der Waals surface area (Å²) >= 11 is 3.23. The van der Waals surface area contributed by atoms with Crippen LogP contribution in [0.4, 0.5) is 5.82 Å². The van der Waals surface area contributed by atoms with Crippen molar-refractivity contribution in [2.24, 2.45) is 4.99 Å². The molecule has 0 aliphatic heterocycles. The fourth-order valence-electron chi connectivity index (χ4n) is 0.529. The topological polar surface area (TPSA) is 44.3 Å². The average Bonchev–Trinajstić information content (AvgIpc) is 2.31. The molecule has 1 heterocycles. The average molecular weight is 217 g/mol. The van der Waals surface area contributed by atoms with E-state index < -0.39 is 0 Å². The molecule has 1 rings (SSSR count). The maximum Gasteiger partial charge on any atom is 0.176 e. The highest BCUT2D eigenvalue weighted by atomic mass is 79.9. The monoisotopic (exact) mass is 216 g/mol. The number of H-pyrrole nitrogens is 1. The first-order valence-corrected chi connectivity index (χ1v) is 3.89. The Bertz CT molecular complexity index is 253. The Morgan fingerprint density at radius 1 is 1.73 bits per heavy atom. The maximum atomic E-state index is 4.06. The van der Waals surface area contributed by atoms with Crippen LogP contribution in [0.2, 0.25) is 0 Å². The van der Waals surface area contributed by atoms with E-state index in [2.05, 4.69) is 31.1 Å². The van der Waals surface area contributed by atoms with Crippen LogP contribution in [-0.4, -0.2) is 35.5 Å². The second-order valence-corrected chi connectivity index (χ2v) is 3.14. The van der Waals surface area contributed by atoms with E-state index in [0.29, 0.717) is 5.82 Å². The second kappa shape index (κ2) is 3.52. The Labute approximate surface area is 73.4 Å². The fraction of sp³-hybridized carbons (Fsp3) is 0.333. The van der Waals surface area contributed by atoms with E-state index >= 15 is 0 Å². The molecule has 1 aromatic heterocycles. The second-order valence-electron chi connectivity index (χ2n) is 2.28. The third kappa shape index (κ3) is 2.71. The Hall–Kier alpha value is -0.840. The van der Waals surface area contributed by atoms with Crippen molar-refractivity contribution in [2.45, 2.75) is 0 Å². The van der Waals surface area contributed by atoms with E-state index in [1.165, 1.54) is 0 Å². The largest absolute Gasteiger partial charge is 0.369 e. The van der Waals surface area contributed by atoms with Gasteiger partial charge in [-0.2, -0.15) is 5.10 Å². The van der Waals surface area contributed by atoms with Crippen LogP contribution < -0.4 is 0 Å². The summed E-state index contributed by atoms with van der Waals surface area (Å²) in [5.41, 5.74) is 0. The van der Waals surface area contributed by atoms with Crippen LogP contribution in [0, 0.1) is 0 Å². The van der Waals surface area contributed by atoms with Crippen molar-refractivity contribution in [3.63, 3.8) is 0 Å². The van der Waals surface area contributed by atoms with Gasteiger partial charge in [0.25, 0.3) is 0 Å². The molecule has 0 bridgehead atoms. The minimum absolute atomic E-state index is 0.672. The van der Waals surface area contributed by atoms with Crippen LogP contribution in [0.15, 0.2) is 15.7 Å². The summed E-state index contributed by atoms with van der Waals surface area (Å²) in [6, 6.07) is 1.81. The molecule has 0 unspecified atom stereocenters. The molecule has 0 radical (unpaired) electrons. The molecule has 1 N–H and O–H groups in total. The lowest BCUT2D eigenvalue weighted by Gasteiger charge is -1.99. The molecule has 0 aliphatic carbocycles. The summed E-state index contributed by atoms with van der Waals surface area (Å²) in [6.45, 7) is 0. The van der Waals surface area contributed by atoms with Crippen LogP contribution >= 0.6 is 15.9 Å². The number of hydrogen-bond donors (Lipinski definition) is 1. The van der Waals surface area contributed by atoms with Gasteiger partial charge in [-0.3, -0.25) is 5.10 Å². The molecule has 0 spiro atoms. The molecule has 11 heavy (non-hydrogen) atoms. The molecule has 0 atom stereocenters. The zero-order valence-corrected chi connectivity index (χ0v) is 7.96. The summed E-state index contributed by atoms with van der Waals surface area (Å²) < 4.78 is 0.836. The van der Waals surface area contributed by atoms with Crippen LogP contribution in [0.3, 0.4) is 0 Å². The van der Waals surface area contributed by atoms with Crippen molar-refractivity contribution >= 4 is 28.1 Å². The van der Waals surface area contributed by atoms with Gasteiger partial charge in [-0.15, -0.1) is 0 Å². The Morgan fingerprint density at radius 3 is 2.91 bits per heavy atom. The normalized spacial score (nSPS) is 10.8. The zero-order valence-electron chi connectivity index (χ0n) is 6.37. The number of rotatable bonds is 2. The smallest absolute Gasteiger partial charge is 0.176 e. The molecule has 0 saturated carbocycles. The third-order valence-corrected chi connectivity index (χ3v) is 1.36. The van der Waals surface area contributed by atoms with E-state index in [0.717, 1.165) is 4.60 Å². The molecule has 0 amide bonds. The quantitative estimate of drug-likeness (QED) is 0.601. The number of aliphatic imine (C=N–C) groups is 1. The Morgan fingerprint density at radius 2 is 2.45 bits per heavy atom. The molecule has 0 aromatic carbocycles. The Kier molecular flexibility index (Phi) is 2.64. The number of hydrogen-bond acceptors (Lipinski definition) is 2. The van der Waals surface area contributed by atoms with Crippen LogP contribution in [-0.2, 0) is 0 Å². The molecule has 4 nitrogen and oxygen atoms in total. The molecule has 60 valence electrons. The molecular weight excluding hydrogens is 208 g/mol. The predicted molar refractivity (Wildman–Crippen MR) is 48.1 cm³/mol. The first-order valence-electron chi connectivity index (χ1n) is 3.10. The number of nitrogens with one attached hydrogen (secondary N) is 1. The van der Waals surface area contributed by atoms with Crippen LogP contribution in [0.25, 0.3) is 0 Å². The van der Waals surface area contributed by atoms with Gasteiger partial charge < -0.3 is 4.90 Å². The van der Waals surface area contributed by atoms with Gasteiger partial charge in [0, 0.05) is 20.2 Å². The molecule has 1 aromatic rings. The highest BCUT2D eigenvalue weighted by molar-refractivity contribution is 9.10. The number of aromatic nitrogens is 2. The lowest BCUT2D eigenvalue weighted by molar-refractivity contribution is 0.643. The number of aromatic amines is 1. The molecule has 5 heteroatoms. The van der Waals surface area contributed by atoms with E-state index in [9.17, 15) is 0 Å². The zero-order chi connectivity index (χ0) is 8.27. The molecule has 0 saturated heterocycles. The molecule has 0 aliphatic rings. The van der Waals surface area contributed by atoms with Gasteiger partial charge in [0.2, 0.25) is 0 Å². The van der Waals surface area contributed by atoms with Crippen LogP contribution in [0.1, 0.15) is 0 Å². The highest BCUT2D eigenvalue weighted by Gasteiger charge is 1.92. The standard InChI is InChI=1S/C6H9BrN4/c1-11(2)4-8-6-3-5(7)9-10-6/h3-4H,1-2H3,(H,9,10). The van der Waals surface area contributed by atoms with Crippen molar-refractivity contribution in [1.82, 2.24) is 15.1 Å². The van der Waals surface area contributed by atoms with Gasteiger partial charge in [-0.1, -0.05) is 0 Å². The van der Waals surface area contributed by atoms with Crippen LogP contribution in [0.5, 0.6) is 0 Å². The molecule has 0 fully saturated rings. The number of halogens is 1. The van der Waals surface area contributed by atoms with Crippen molar-refractivity contribution in [3.05, 3.63) is 10.7 Å².